The third kappa shape index (κ3) is 8.59. The fourth-order valence-electron chi connectivity index (χ4n) is 4.06. The molecule has 0 spiro atoms. The highest BCUT2D eigenvalue weighted by Crippen LogP contribution is 2.29. The predicted molar refractivity (Wildman–Crippen MR) is 170 cm³/mol. The van der Waals surface area contributed by atoms with Gasteiger partial charge < -0.3 is 20.7 Å². The van der Waals surface area contributed by atoms with Gasteiger partial charge in [0.1, 0.15) is 11.4 Å². The number of ether oxygens (including phenoxy) is 1. The van der Waals surface area contributed by atoms with Gasteiger partial charge in [-0.15, -0.1) is 11.8 Å². The van der Waals surface area contributed by atoms with Crippen molar-refractivity contribution in [1.29, 1.82) is 0 Å². The molecule has 0 radical (unpaired) electrons. The van der Waals surface area contributed by atoms with Gasteiger partial charge in [0.05, 0.1) is 11.9 Å². The number of rotatable bonds is 12. The second kappa shape index (κ2) is 15.3. The molecule has 0 aliphatic rings. The number of amides is 3. The van der Waals surface area contributed by atoms with Crippen molar-refractivity contribution in [2.45, 2.75) is 30.4 Å². The minimum Gasteiger partial charge on any atom is -0.493 e. The van der Waals surface area contributed by atoms with Crippen molar-refractivity contribution in [2.75, 3.05) is 17.2 Å². The third-order valence-electron chi connectivity index (χ3n) is 6.12. The van der Waals surface area contributed by atoms with Gasteiger partial charge in [-0.25, -0.2) is 0 Å². The van der Waals surface area contributed by atoms with Gasteiger partial charge >= 0.3 is 0 Å². The number of para-hydroxylation sites is 2. The van der Waals surface area contributed by atoms with E-state index >= 15 is 0 Å². The zero-order chi connectivity index (χ0) is 29.7. The van der Waals surface area contributed by atoms with E-state index in [2.05, 4.69) is 16.0 Å². The lowest BCUT2D eigenvalue weighted by Crippen LogP contribution is -2.30. The Morgan fingerprint density at radius 2 is 1.45 bits per heavy atom. The first-order chi connectivity index (χ1) is 20.5. The SMILES string of the molecule is CCOc1ccccc1/C=C(/NC(=O)c1ccccc1)C(=O)Nc1cccc(SC(CC)C(=O)Nc2ccccc2)c1. The number of nitrogens with one attached hydrogen (secondary N) is 3. The van der Waals surface area contributed by atoms with Crippen molar-refractivity contribution in [1.82, 2.24) is 5.32 Å². The molecule has 0 aliphatic heterocycles. The number of benzene rings is 4. The van der Waals surface area contributed by atoms with Crippen LogP contribution in [-0.2, 0) is 9.59 Å². The molecule has 8 heteroatoms. The summed E-state index contributed by atoms with van der Waals surface area (Å²) in [6, 6.07) is 32.6. The molecular formula is C34H33N3O4S. The molecule has 4 aromatic carbocycles. The lowest BCUT2D eigenvalue weighted by Gasteiger charge is -2.16. The topological polar surface area (TPSA) is 96.5 Å². The van der Waals surface area contributed by atoms with Gasteiger partial charge in [-0.3, -0.25) is 14.4 Å². The monoisotopic (exact) mass is 579 g/mol. The minimum atomic E-state index is -0.499. The van der Waals surface area contributed by atoms with E-state index in [9.17, 15) is 14.4 Å². The van der Waals surface area contributed by atoms with Gasteiger partial charge in [-0.05, 0) is 68.0 Å². The quantitative estimate of drug-likeness (QED) is 0.124. The van der Waals surface area contributed by atoms with Gasteiger partial charge in [0, 0.05) is 27.4 Å². The standard InChI is InChI=1S/C34H33N3O4S/c1-3-31(34(40)35-26-17-9-6-10-18-26)42-28-20-13-19-27(23-28)36-33(39)29(37-32(38)24-14-7-5-8-15-24)22-25-16-11-12-21-30(25)41-4-2/h5-23,31H,3-4H2,1-2H3,(H,35,40)(H,36,39)(H,37,38)/b29-22+. The molecule has 7 nitrogen and oxygen atoms in total. The van der Waals surface area contributed by atoms with Crippen molar-refractivity contribution in [3.8, 4) is 5.75 Å². The number of carbonyl (C=O) groups excluding carboxylic acids is 3. The fourth-order valence-corrected chi connectivity index (χ4v) is 5.07. The minimum absolute atomic E-state index is 0.0581. The molecule has 42 heavy (non-hydrogen) atoms. The Morgan fingerprint density at radius 1 is 0.786 bits per heavy atom. The zero-order valence-corrected chi connectivity index (χ0v) is 24.3. The maximum Gasteiger partial charge on any atom is 0.272 e. The van der Waals surface area contributed by atoms with E-state index in [1.165, 1.54) is 11.8 Å². The first-order valence-corrected chi connectivity index (χ1v) is 14.6. The second-order valence-corrected chi connectivity index (χ2v) is 10.5. The first kappa shape index (κ1) is 30.1. The summed E-state index contributed by atoms with van der Waals surface area (Å²) in [6.07, 6.45) is 2.22. The highest BCUT2D eigenvalue weighted by molar-refractivity contribution is 8.00. The molecule has 1 atom stereocenters. The van der Waals surface area contributed by atoms with Crippen molar-refractivity contribution >= 4 is 46.9 Å². The molecule has 0 aliphatic carbocycles. The predicted octanol–water partition coefficient (Wildman–Crippen LogP) is 7.00. The molecule has 0 bridgehead atoms. The summed E-state index contributed by atoms with van der Waals surface area (Å²) in [7, 11) is 0. The number of hydrogen-bond donors (Lipinski definition) is 3. The molecule has 0 aromatic heterocycles. The molecule has 4 aromatic rings. The van der Waals surface area contributed by atoms with Gasteiger partial charge in [0.15, 0.2) is 0 Å². The van der Waals surface area contributed by atoms with E-state index in [1.807, 2.05) is 92.7 Å². The van der Waals surface area contributed by atoms with Crippen LogP contribution in [0, 0.1) is 0 Å². The number of anilines is 2. The van der Waals surface area contributed by atoms with Crippen LogP contribution in [0.25, 0.3) is 6.08 Å². The van der Waals surface area contributed by atoms with Crippen LogP contribution in [0.4, 0.5) is 11.4 Å². The lowest BCUT2D eigenvalue weighted by molar-refractivity contribution is -0.116. The summed E-state index contributed by atoms with van der Waals surface area (Å²) in [6.45, 7) is 4.29. The Labute approximate surface area is 250 Å². The van der Waals surface area contributed by atoms with E-state index in [1.54, 1.807) is 36.4 Å². The normalized spacial score (nSPS) is 11.7. The first-order valence-electron chi connectivity index (χ1n) is 13.7. The van der Waals surface area contributed by atoms with Gasteiger partial charge in [-0.2, -0.15) is 0 Å². The van der Waals surface area contributed by atoms with E-state index in [4.69, 9.17) is 4.74 Å². The molecule has 0 fully saturated rings. The Balaban J connectivity index is 1.54. The molecular weight excluding hydrogens is 546 g/mol. The summed E-state index contributed by atoms with van der Waals surface area (Å²) in [4.78, 5) is 40.3. The van der Waals surface area contributed by atoms with Crippen molar-refractivity contribution in [2.24, 2.45) is 0 Å². The van der Waals surface area contributed by atoms with Crippen LogP contribution < -0.4 is 20.7 Å². The maximum atomic E-state index is 13.5. The fraction of sp³-hybridized carbons (Fsp3) is 0.147. The molecule has 0 saturated heterocycles. The Hall–Kier alpha value is -4.82. The summed E-state index contributed by atoms with van der Waals surface area (Å²) in [5.74, 6) is -0.408. The van der Waals surface area contributed by atoms with E-state index in [0.717, 1.165) is 10.6 Å². The summed E-state index contributed by atoms with van der Waals surface area (Å²) in [5, 5.41) is 8.29. The molecule has 214 valence electrons. The van der Waals surface area contributed by atoms with Crippen LogP contribution in [0.1, 0.15) is 36.2 Å². The molecule has 0 saturated carbocycles. The van der Waals surface area contributed by atoms with Gasteiger partial charge in [-0.1, -0.05) is 67.6 Å². The Bertz CT molecular complexity index is 1540. The average Bonchev–Trinajstić information content (AvgIpc) is 3.01. The maximum absolute atomic E-state index is 13.5. The zero-order valence-electron chi connectivity index (χ0n) is 23.5. The second-order valence-electron chi connectivity index (χ2n) is 9.20. The summed E-state index contributed by atoms with van der Waals surface area (Å²) in [5.41, 5.74) is 2.40. The highest BCUT2D eigenvalue weighted by Gasteiger charge is 2.19. The van der Waals surface area contributed by atoms with Crippen LogP contribution in [0.15, 0.2) is 120 Å². The van der Waals surface area contributed by atoms with Crippen molar-refractivity contribution in [3.63, 3.8) is 0 Å². The van der Waals surface area contributed by atoms with Crippen molar-refractivity contribution < 1.29 is 19.1 Å². The van der Waals surface area contributed by atoms with Crippen LogP contribution in [-0.4, -0.2) is 29.6 Å². The van der Waals surface area contributed by atoms with Crippen molar-refractivity contribution in [3.05, 3.63) is 126 Å². The number of carbonyl (C=O) groups is 3. The Morgan fingerprint density at radius 3 is 2.17 bits per heavy atom. The van der Waals surface area contributed by atoms with Crippen LogP contribution in [0.3, 0.4) is 0 Å². The van der Waals surface area contributed by atoms with Crippen LogP contribution >= 0.6 is 11.8 Å². The van der Waals surface area contributed by atoms with Gasteiger partial charge in [0.25, 0.3) is 11.8 Å². The van der Waals surface area contributed by atoms with E-state index < -0.39 is 11.8 Å². The summed E-state index contributed by atoms with van der Waals surface area (Å²) < 4.78 is 5.72. The molecule has 1 unspecified atom stereocenters. The smallest absolute Gasteiger partial charge is 0.272 e. The molecule has 0 heterocycles. The third-order valence-corrected chi connectivity index (χ3v) is 7.48. The highest BCUT2D eigenvalue weighted by atomic mass is 32.2. The van der Waals surface area contributed by atoms with E-state index in [0.29, 0.717) is 35.6 Å². The lowest BCUT2D eigenvalue weighted by atomic mass is 10.1. The van der Waals surface area contributed by atoms with Crippen LogP contribution in [0.2, 0.25) is 0 Å². The Kier molecular flexibility index (Phi) is 10.9. The molecule has 3 N–H and O–H groups in total. The molecule has 4 rings (SSSR count). The molecule has 3 amide bonds. The van der Waals surface area contributed by atoms with Crippen LogP contribution in [0.5, 0.6) is 5.75 Å². The van der Waals surface area contributed by atoms with Gasteiger partial charge in [0.2, 0.25) is 5.91 Å². The summed E-state index contributed by atoms with van der Waals surface area (Å²) >= 11 is 1.42. The van der Waals surface area contributed by atoms with E-state index in [-0.39, 0.29) is 16.9 Å². The number of thioether (sulfide) groups is 1. The average molecular weight is 580 g/mol. The largest absolute Gasteiger partial charge is 0.493 e. The number of hydrogen-bond acceptors (Lipinski definition) is 5.